The van der Waals surface area contributed by atoms with Crippen LogP contribution < -0.4 is 4.74 Å². The minimum Gasteiger partial charge on any atom is -0.497 e. The van der Waals surface area contributed by atoms with Gasteiger partial charge < -0.3 is 4.74 Å². The highest BCUT2D eigenvalue weighted by Crippen LogP contribution is 2.47. The van der Waals surface area contributed by atoms with Gasteiger partial charge in [0.05, 0.1) is 18.6 Å². The maximum absolute atomic E-state index is 9.19. The van der Waals surface area contributed by atoms with Crippen molar-refractivity contribution in [3.05, 3.63) is 54.1 Å². The SMILES string of the molecule is COc1ccc(-c2ccc(C3(C#N)CC3)cc2)cc1. The molecule has 0 bridgehead atoms. The maximum Gasteiger partial charge on any atom is 0.118 e. The number of hydrogen-bond donors (Lipinski definition) is 0. The lowest BCUT2D eigenvalue weighted by atomic mass is 9.95. The highest BCUT2D eigenvalue weighted by molar-refractivity contribution is 5.65. The van der Waals surface area contributed by atoms with Crippen LogP contribution >= 0.6 is 0 Å². The second-order valence-corrected chi connectivity index (χ2v) is 5.00. The highest BCUT2D eigenvalue weighted by atomic mass is 16.5. The van der Waals surface area contributed by atoms with Crippen LogP contribution in [0, 0.1) is 11.3 Å². The molecule has 0 amide bonds. The quantitative estimate of drug-likeness (QED) is 0.826. The van der Waals surface area contributed by atoms with Gasteiger partial charge in [0.25, 0.3) is 0 Å². The zero-order valence-corrected chi connectivity index (χ0v) is 10.9. The Balaban J connectivity index is 1.88. The summed E-state index contributed by atoms with van der Waals surface area (Å²) in [6.45, 7) is 0. The fourth-order valence-electron chi connectivity index (χ4n) is 2.36. The van der Waals surface area contributed by atoms with E-state index in [1.54, 1.807) is 7.11 Å². The van der Waals surface area contributed by atoms with E-state index in [-0.39, 0.29) is 5.41 Å². The molecular weight excluding hydrogens is 234 g/mol. The van der Waals surface area contributed by atoms with Crippen LogP contribution in [0.25, 0.3) is 11.1 Å². The van der Waals surface area contributed by atoms with Crippen LogP contribution in [0.3, 0.4) is 0 Å². The van der Waals surface area contributed by atoms with Gasteiger partial charge >= 0.3 is 0 Å². The predicted molar refractivity (Wildman–Crippen MR) is 75.0 cm³/mol. The Morgan fingerprint density at radius 2 is 1.47 bits per heavy atom. The molecule has 2 aromatic rings. The van der Waals surface area contributed by atoms with Crippen molar-refractivity contribution < 1.29 is 4.74 Å². The Morgan fingerprint density at radius 1 is 0.947 bits per heavy atom. The first-order chi connectivity index (χ1) is 9.27. The molecule has 0 aromatic heterocycles. The number of hydrogen-bond acceptors (Lipinski definition) is 2. The van der Waals surface area contributed by atoms with Gasteiger partial charge in [0.1, 0.15) is 5.75 Å². The summed E-state index contributed by atoms with van der Waals surface area (Å²) in [5.41, 5.74) is 3.28. The van der Waals surface area contributed by atoms with Crippen molar-refractivity contribution in [1.82, 2.24) is 0 Å². The zero-order chi connectivity index (χ0) is 13.3. The first-order valence-corrected chi connectivity index (χ1v) is 6.44. The molecule has 19 heavy (non-hydrogen) atoms. The normalized spacial score (nSPS) is 15.6. The standard InChI is InChI=1S/C17H15NO/c1-19-16-8-4-14(5-9-16)13-2-6-15(7-3-13)17(12-18)10-11-17/h2-9H,10-11H2,1H3. The van der Waals surface area contributed by atoms with Crippen LogP contribution in [0.4, 0.5) is 0 Å². The summed E-state index contributed by atoms with van der Waals surface area (Å²) in [4.78, 5) is 0. The second kappa shape index (κ2) is 4.44. The molecule has 0 spiro atoms. The van der Waals surface area contributed by atoms with Crippen molar-refractivity contribution in [1.29, 1.82) is 5.26 Å². The van der Waals surface area contributed by atoms with Gasteiger partial charge in [-0.25, -0.2) is 0 Å². The van der Waals surface area contributed by atoms with E-state index in [1.807, 2.05) is 24.3 Å². The number of ether oxygens (including phenoxy) is 1. The molecule has 1 aliphatic carbocycles. The fourth-order valence-corrected chi connectivity index (χ4v) is 2.36. The van der Waals surface area contributed by atoms with Gasteiger partial charge in [-0.3, -0.25) is 0 Å². The second-order valence-electron chi connectivity index (χ2n) is 5.00. The molecule has 0 aliphatic heterocycles. The summed E-state index contributed by atoms with van der Waals surface area (Å²) in [6, 6.07) is 18.8. The predicted octanol–water partition coefficient (Wildman–Crippen LogP) is 3.92. The van der Waals surface area contributed by atoms with Crippen molar-refractivity contribution in [2.75, 3.05) is 7.11 Å². The summed E-state index contributed by atoms with van der Waals surface area (Å²) in [6.07, 6.45) is 1.98. The van der Waals surface area contributed by atoms with E-state index in [1.165, 1.54) is 5.56 Å². The third kappa shape index (κ3) is 2.08. The van der Waals surface area contributed by atoms with Gasteiger partial charge in [-0.15, -0.1) is 0 Å². The Bertz CT molecular complexity index is 616. The molecule has 0 unspecified atom stereocenters. The Kier molecular flexibility index (Phi) is 2.76. The van der Waals surface area contributed by atoms with Crippen molar-refractivity contribution >= 4 is 0 Å². The maximum atomic E-state index is 9.19. The van der Waals surface area contributed by atoms with Gasteiger partial charge in [-0.1, -0.05) is 36.4 Å². The van der Waals surface area contributed by atoms with E-state index in [9.17, 15) is 5.26 Å². The van der Waals surface area contributed by atoms with E-state index < -0.39 is 0 Å². The first-order valence-electron chi connectivity index (χ1n) is 6.44. The molecule has 2 heteroatoms. The third-order valence-corrected chi connectivity index (χ3v) is 3.82. The number of methoxy groups -OCH3 is 1. The molecule has 0 saturated heterocycles. The fraction of sp³-hybridized carbons (Fsp3) is 0.235. The molecule has 1 fully saturated rings. The minimum atomic E-state index is -0.196. The monoisotopic (exact) mass is 249 g/mol. The van der Waals surface area contributed by atoms with Crippen LogP contribution in [0.2, 0.25) is 0 Å². The number of nitrogens with zero attached hydrogens (tertiary/aromatic N) is 1. The van der Waals surface area contributed by atoms with Gasteiger partial charge in [0.2, 0.25) is 0 Å². The Morgan fingerprint density at radius 3 is 1.89 bits per heavy atom. The lowest BCUT2D eigenvalue weighted by Crippen LogP contribution is -2.01. The molecule has 0 radical (unpaired) electrons. The summed E-state index contributed by atoms with van der Waals surface area (Å²) in [5, 5.41) is 9.19. The largest absolute Gasteiger partial charge is 0.497 e. The van der Waals surface area contributed by atoms with Crippen LogP contribution in [-0.4, -0.2) is 7.11 Å². The molecule has 1 aliphatic rings. The first kappa shape index (κ1) is 11.8. The van der Waals surface area contributed by atoms with Crippen molar-refractivity contribution in [2.24, 2.45) is 0 Å². The highest BCUT2D eigenvalue weighted by Gasteiger charge is 2.44. The molecule has 0 N–H and O–H groups in total. The summed E-state index contributed by atoms with van der Waals surface area (Å²) < 4.78 is 5.16. The lowest BCUT2D eigenvalue weighted by Gasteiger charge is -2.08. The van der Waals surface area contributed by atoms with Crippen LogP contribution in [-0.2, 0) is 5.41 Å². The van der Waals surface area contributed by atoms with Crippen molar-refractivity contribution in [3.8, 4) is 22.9 Å². The van der Waals surface area contributed by atoms with E-state index in [4.69, 9.17) is 4.74 Å². The zero-order valence-electron chi connectivity index (χ0n) is 10.9. The number of nitriles is 1. The molecule has 0 heterocycles. The summed E-state index contributed by atoms with van der Waals surface area (Å²) in [5.74, 6) is 0.863. The summed E-state index contributed by atoms with van der Waals surface area (Å²) >= 11 is 0. The number of benzene rings is 2. The molecule has 3 rings (SSSR count). The smallest absolute Gasteiger partial charge is 0.118 e. The Labute approximate surface area is 113 Å². The molecule has 1 saturated carbocycles. The van der Waals surface area contributed by atoms with E-state index in [2.05, 4.69) is 30.3 Å². The van der Waals surface area contributed by atoms with Crippen LogP contribution in [0.5, 0.6) is 5.75 Å². The molecule has 2 nitrogen and oxygen atoms in total. The Hall–Kier alpha value is -2.27. The van der Waals surface area contributed by atoms with E-state index >= 15 is 0 Å². The van der Waals surface area contributed by atoms with Gasteiger partial charge in [-0.2, -0.15) is 5.26 Å². The van der Waals surface area contributed by atoms with Crippen molar-refractivity contribution in [3.63, 3.8) is 0 Å². The average molecular weight is 249 g/mol. The lowest BCUT2D eigenvalue weighted by molar-refractivity contribution is 0.415. The molecule has 0 atom stereocenters. The van der Waals surface area contributed by atoms with Crippen LogP contribution in [0.1, 0.15) is 18.4 Å². The van der Waals surface area contributed by atoms with Crippen LogP contribution in [0.15, 0.2) is 48.5 Å². The van der Waals surface area contributed by atoms with E-state index in [0.717, 1.165) is 29.7 Å². The van der Waals surface area contributed by atoms with Crippen molar-refractivity contribution in [2.45, 2.75) is 18.3 Å². The number of rotatable bonds is 3. The van der Waals surface area contributed by atoms with Gasteiger partial charge in [-0.05, 0) is 41.7 Å². The average Bonchev–Trinajstić information content (AvgIpc) is 3.29. The minimum absolute atomic E-state index is 0.196. The van der Waals surface area contributed by atoms with E-state index in [0.29, 0.717) is 0 Å². The van der Waals surface area contributed by atoms with Gasteiger partial charge in [0, 0.05) is 0 Å². The third-order valence-electron chi connectivity index (χ3n) is 3.82. The molecule has 94 valence electrons. The van der Waals surface area contributed by atoms with Gasteiger partial charge in [0.15, 0.2) is 0 Å². The summed E-state index contributed by atoms with van der Waals surface area (Å²) in [7, 11) is 1.67. The molecular formula is C17H15NO. The molecule has 2 aromatic carbocycles. The topological polar surface area (TPSA) is 33.0 Å².